The quantitative estimate of drug-likeness (QED) is 0.0827. The first-order valence-corrected chi connectivity index (χ1v) is 30.8. The van der Waals surface area contributed by atoms with Gasteiger partial charge < -0.3 is 15.4 Å². The number of nitrogens with two attached hydrogens (primary N) is 1. The van der Waals surface area contributed by atoms with E-state index in [9.17, 15) is 8.42 Å². The average Bonchev–Trinajstić information content (AvgIpc) is 3.37. The maximum atomic E-state index is 12.8. The van der Waals surface area contributed by atoms with Gasteiger partial charge in [-0.15, -0.1) is 0 Å². The van der Waals surface area contributed by atoms with Crippen LogP contribution in [0, 0.1) is 0 Å². The van der Waals surface area contributed by atoms with Crippen LogP contribution in [0.1, 0.15) is 33.4 Å². The standard InChI is InChI=1S/C20H28N4O3S.2C18H15P.2ClH.Pd/c1-14-12-27-10-9-24(14)18-11-17(13-28(25,26)20(2,3)4)22-19(23-18)15-5-7-16(21)8-6-15;2*1-4-10-16(11-5-1)19(17-12-6-2-7-13-17)18-14-8-3-9-15-18;;;/h5-8,11,14H,9-10,12-13,21H2,1-4H3;2*1-15H;2*1H;/q;;;;;+2/p-2/t14-;;;;;/m0...../s1. The molecule has 0 radical (unpaired) electrons. The summed E-state index contributed by atoms with van der Waals surface area (Å²) < 4.78 is 30.2. The zero-order valence-electron chi connectivity index (χ0n) is 39.1. The summed E-state index contributed by atoms with van der Waals surface area (Å²) in [5.41, 5.74) is 7.73. The molecule has 0 bridgehead atoms. The molecule has 1 atom stereocenters. The molecule has 7 nitrogen and oxygen atoms in total. The molecule has 13 heteroatoms. The van der Waals surface area contributed by atoms with Crippen molar-refractivity contribution in [1.29, 1.82) is 0 Å². The van der Waals surface area contributed by atoms with E-state index < -0.39 is 30.4 Å². The fourth-order valence-corrected chi connectivity index (χ4v) is 12.9. The van der Waals surface area contributed by atoms with Crippen LogP contribution in [0.15, 0.2) is 212 Å². The first-order chi connectivity index (χ1) is 33.4. The van der Waals surface area contributed by atoms with Gasteiger partial charge in [0.2, 0.25) is 0 Å². The first-order valence-electron chi connectivity index (χ1n) is 22.4. The second kappa shape index (κ2) is 27.0. The largest absolute Gasteiger partial charge is 0.0622 e. The molecule has 0 unspecified atom stereocenters. The van der Waals surface area contributed by atoms with Crippen molar-refractivity contribution in [1.82, 2.24) is 9.97 Å². The Kier molecular flexibility index (Phi) is 21.0. The van der Waals surface area contributed by atoms with Gasteiger partial charge in [0.25, 0.3) is 0 Å². The van der Waals surface area contributed by atoms with E-state index in [-0.39, 0.29) is 27.7 Å². The predicted octanol–water partition coefficient (Wildman–Crippen LogP) is 10.9. The topological polar surface area (TPSA) is 98.4 Å². The van der Waals surface area contributed by atoms with Crippen LogP contribution in [0.3, 0.4) is 0 Å². The number of benzene rings is 7. The molecule has 8 aromatic rings. The van der Waals surface area contributed by atoms with E-state index in [1.807, 2.05) is 12.1 Å². The molecule has 9 rings (SSSR count). The molecular weight excluding hydrogens is 1050 g/mol. The summed E-state index contributed by atoms with van der Waals surface area (Å²) in [6.45, 7) is 9.10. The normalized spacial score (nSPS) is 13.6. The Hall–Kier alpha value is -4.77. The Morgan fingerprint density at radius 3 is 1.28 bits per heavy atom. The third-order valence-electron chi connectivity index (χ3n) is 11.0. The molecule has 0 spiro atoms. The van der Waals surface area contributed by atoms with Crippen LogP contribution < -0.4 is 42.5 Å². The van der Waals surface area contributed by atoms with Crippen molar-refractivity contribution in [3.8, 4) is 11.4 Å². The van der Waals surface area contributed by atoms with Crippen LogP contribution in [0.2, 0.25) is 0 Å². The summed E-state index contributed by atoms with van der Waals surface area (Å²) >= 11 is -0.106. The van der Waals surface area contributed by atoms with Crippen LogP contribution in [0.4, 0.5) is 11.5 Å². The molecule has 1 saturated heterocycles. The molecule has 2 N–H and O–H groups in total. The summed E-state index contributed by atoms with van der Waals surface area (Å²) in [7, 11) is 5.36. The van der Waals surface area contributed by atoms with Gasteiger partial charge >= 0.3 is 35.0 Å². The molecule has 1 fully saturated rings. The number of nitrogens with zero attached hydrogens (tertiary/aromatic N) is 3. The zero-order chi connectivity index (χ0) is 49.1. The first kappa shape index (κ1) is 53.6. The number of sulfone groups is 1. The van der Waals surface area contributed by atoms with Crippen LogP contribution in [-0.2, 0) is 36.3 Å². The fourth-order valence-electron chi connectivity index (χ4n) is 7.30. The number of hydrogen-bond acceptors (Lipinski definition) is 7. The van der Waals surface area contributed by atoms with Gasteiger partial charge in [-0.25, -0.2) is 18.4 Å². The number of hydrogen-bond donors (Lipinski definition) is 1. The number of nitrogen functional groups attached to an aromatic ring is 1. The third-order valence-corrected chi connectivity index (χ3v) is 18.4. The monoisotopic (exact) mass is 1100 g/mol. The minimum atomic E-state index is -3.37. The van der Waals surface area contributed by atoms with E-state index in [4.69, 9.17) is 34.5 Å². The van der Waals surface area contributed by atoms with Crippen LogP contribution in [-0.4, -0.2) is 48.9 Å². The maximum Gasteiger partial charge on any atom is -0.0134 e. The number of morpholine rings is 1. The van der Waals surface area contributed by atoms with E-state index in [0.717, 1.165) is 11.4 Å². The molecule has 360 valence electrons. The van der Waals surface area contributed by atoms with Crippen molar-refractivity contribution in [2.45, 2.75) is 44.2 Å². The summed E-state index contributed by atoms with van der Waals surface area (Å²) in [6.07, 6.45) is 0. The molecule has 69 heavy (non-hydrogen) atoms. The van der Waals surface area contributed by atoms with E-state index in [1.165, 1.54) is 31.8 Å². The van der Waals surface area contributed by atoms with E-state index in [2.05, 4.69) is 199 Å². The van der Waals surface area contributed by atoms with Gasteiger partial charge in [-0.05, 0) is 99.6 Å². The van der Waals surface area contributed by atoms with E-state index in [1.54, 1.807) is 39.0 Å². The minimum absolute atomic E-state index is 0.106. The molecule has 0 saturated carbocycles. The van der Waals surface area contributed by atoms with Gasteiger partial charge in [0.05, 0.1) is 35.4 Å². The van der Waals surface area contributed by atoms with Gasteiger partial charge in [-0.2, -0.15) is 0 Å². The number of halogens is 2. The predicted molar refractivity (Wildman–Crippen MR) is 294 cm³/mol. The van der Waals surface area contributed by atoms with E-state index >= 15 is 0 Å². The summed E-state index contributed by atoms with van der Waals surface area (Å²) in [5.74, 6) is 1.08. The van der Waals surface area contributed by atoms with Crippen molar-refractivity contribution in [2.24, 2.45) is 0 Å². The van der Waals surface area contributed by atoms with Crippen molar-refractivity contribution < 1.29 is 29.1 Å². The van der Waals surface area contributed by atoms with Crippen LogP contribution >= 0.6 is 34.9 Å². The maximum absolute atomic E-state index is 12.8. The van der Waals surface area contributed by atoms with Crippen LogP contribution in [0.25, 0.3) is 11.4 Å². The van der Waals surface area contributed by atoms with Crippen molar-refractivity contribution in [3.05, 3.63) is 218 Å². The van der Waals surface area contributed by atoms with Gasteiger partial charge in [0.15, 0.2) is 15.7 Å². The summed E-state index contributed by atoms with van der Waals surface area (Å²) in [4.78, 5) is 11.4. The molecule has 0 aliphatic carbocycles. The molecular formula is C56H58Cl2N4O3P2PdS. The summed E-state index contributed by atoms with van der Waals surface area (Å²) in [6, 6.07) is 73.8. The Bertz CT molecular complexity index is 2540. The Morgan fingerprint density at radius 2 is 0.957 bits per heavy atom. The smallest absolute Gasteiger partial charge is 0.0134 e. The zero-order valence-corrected chi connectivity index (χ0v) is 44.8. The molecule has 1 aliphatic heterocycles. The molecule has 7 aromatic carbocycles. The summed E-state index contributed by atoms with van der Waals surface area (Å²) in [5, 5.41) is 8.39. The number of ether oxygens (including phenoxy) is 1. The minimum Gasteiger partial charge on any atom is -0.0622 e. The van der Waals surface area contributed by atoms with Gasteiger partial charge in [-0.3, -0.25) is 0 Å². The van der Waals surface area contributed by atoms with E-state index in [0.29, 0.717) is 37.0 Å². The van der Waals surface area contributed by atoms with Crippen molar-refractivity contribution in [3.63, 3.8) is 0 Å². The number of anilines is 2. The second-order valence-electron chi connectivity index (χ2n) is 16.9. The van der Waals surface area contributed by atoms with Gasteiger partial charge in [0, 0.05) is 23.9 Å². The average molecular weight is 1110 g/mol. The third kappa shape index (κ3) is 15.9. The molecule has 2 heterocycles. The fraction of sp³-hybridized carbons (Fsp3) is 0.179. The Morgan fingerprint density at radius 1 is 0.609 bits per heavy atom. The molecule has 1 aromatic heterocycles. The van der Waals surface area contributed by atoms with Crippen molar-refractivity contribution in [2.75, 3.05) is 30.4 Å². The SMILES string of the molecule is C[C@H]1COCCN1c1cc(CS(=O)(=O)C(C)(C)C)nc(-c2ccc(N)cc2)n1.[Cl][Pd][Cl].c1ccc(P(c2ccccc2)c2ccccc2)cc1.c1ccc(P(c2ccccc2)c2ccccc2)cc1. The molecule has 1 aliphatic rings. The Labute approximate surface area is 428 Å². The van der Waals surface area contributed by atoms with Crippen molar-refractivity contribution >= 4 is 88.1 Å². The van der Waals surface area contributed by atoms with Crippen LogP contribution in [0.5, 0.6) is 0 Å². The number of rotatable bonds is 10. The van der Waals surface area contributed by atoms with Gasteiger partial charge in [0.1, 0.15) is 5.82 Å². The van der Waals surface area contributed by atoms with Gasteiger partial charge in [-0.1, -0.05) is 182 Å². The number of aromatic nitrogens is 2. The second-order valence-corrected chi connectivity index (χ2v) is 26.4. The Balaban J connectivity index is 0.000000169. The molecule has 0 amide bonds.